The smallest absolute Gasteiger partial charge is 0.254 e. The minimum absolute atomic E-state index is 0.0467. The fourth-order valence-electron chi connectivity index (χ4n) is 4.00. The number of anilines is 1. The summed E-state index contributed by atoms with van der Waals surface area (Å²) in [5.41, 5.74) is 2.98. The molecule has 0 spiro atoms. The second kappa shape index (κ2) is 11.2. The van der Waals surface area contributed by atoms with Gasteiger partial charge in [-0.05, 0) is 37.1 Å². The summed E-state index contributed by atoms with van der Waals surface area (Å²) in [6, 6.07) is 19.8. The third-order valence-corrected chi connectivity index (χ3v) is 6.70. The lowest BCUT2D eigenvalue weighted by atomic mass is 10.1. The molecule has 8 heteroatoms. The summed E-state index contributed by atoms with van der Waals surface area (Å²) >= 11 is 7.81. The Morgan fingerprint density at radius 1 is 1.06 bits per heavy atom. The molecule has 6 nitrogen and oxygen atoms in total. The fourth-order valence-corrected chi connectivity index (χ4v) is 5.04. The van der Waals surface area contributed by atoms with E-state index in [1.54, 1.807) is 6.07 Å². The molecule has 0 N–H and O–H groups in total. The predicted molar refractivity (Wildman–Crippen MR) is 138 cm³/mol. The standard InChI is InChI=1S/C26H29ClN4O2S/c1-18-14-31(15-19(2)33-18)25(32)22-11-9-21(10-12-22)17-34-26-28-23(27)13-24(29-26)30(3)16-20-7-5-4-6-8-20/h4-13,18-19H,14-17H2,1-3H3. The molecule has 0 saturated carbocycles. The van der Waals surface area contributed by atoms with Gasteiger partial charge < -0.3 is 14.5 Å². The van der Waals surface area contributed by atoms with Crippen LogP contribution in [-0.4, -0.2) is 53.1 Å². The number of nitrogens with zero attached hydrogens (tertiary/aromatic N) is 4. The van der Waals surface area contributed by atoms with E-state index in [1.807, 2.05) is 68.3 Å². The van der Waals surface area contributed by atoms with Gasteiger partial charge in [0, 0.05) is 44.1 Å². The number of thioether (sulfide) groups is 1. The summed E-state index contributed by atoms with van der Waals surface area (Å²) in [4.78, 5) is 25.9. The Hall–Kier alpha value is -2.61. The molecule has 2 atom stereocenters. The topological polar surface area (TPSA) is 58.6 Å². The number of aromatic nitrogens is 2. The molecule has 2 unspecified atom stereocenters. The molecule has 1 aromatic heterocycles. The van der Waals surface area contributed by atoms with Crippen LogP contribution in [-0.2, 0) is 17.0 Å². The predicted octanol–water partition coefficient (Wildman–Crippen LogP) is 5.31. The maximum absolute atomic E-state index is 12.9. The highest BCUT2D eigenvalue weighted by molar-refractivity contribution is 7.98. The van der Waals surface area contributed by atoms with Crippen molar-refractivity contribution < 1.29 is 9.53 Å². The third-order valence-electron chi connectivity index (χ3n) is 5.59. The highest BCUT2D eigenvalue weighted by Crippen LogP contribution is 2.25. The molecule has 2 aromatic carbocycles. The van der Waals surface area contributed by atoms with Crippen LogP contribution in [0.2, 0.25) is 5.15 Å². The Labute approximate surface area is 210 Å². The fraction of sp³-hybridized carbons (Fsp3) is 0.346. The Kier molecular flexibility index (Phi) is 8.08. The van der Waals surface area contributed by atoms with E-state index in [9.17, 15) is 4.79 Å². The van der Waals surface area contributed by atoms with Gasteiger partial charge in [-0.2, -0.15) is 0 Å². The highest BCUT2D eigenvalue weighted by atomic mass is 35.5. The van der Waals surface area contributed by atoms with Crippen molar-refractivity contribution in [2.75, 3.05) is 25.0 Å². The zero-order valence-electron chi connectivity index (χ0n) is 19.6. The Morgan fingerprint density at radius 2 is 1.74 bits per heavy atom. The number of ether oxygens (including phenoxy) is 1. The lowest BCUT2D eigenvalue weighted by Gasteiger charge is -2.35. The average molecular weight is 497 g/mol. The molecule has 1 fully saturated rings. The van der Waals surface area contributed by atoms with E-state index in [1.165, 1.54) is 17.3 Å². The minimum Gasteiger partial charge on any atom is -0.372 e. The maximum Gasteiger partial charge on any atom is 0.254 e. The van der Waals surface area contributed by atoms with Gasteiger partial charge in [-0.1, -0.05) is 65.8 Å². The average Bonchev–Trinajstić information content (AvgIpc) is 2.82. The van der Waals surface area contributed by atoms with Crippen molar-refractivity contribution in [2.24, 2.45) is 0 Å². The Morgan fingerprint density at radius 3 is 2.41 bits per heavy atom. The first-order chi connectivity index (χ1) is 16.4. The van der Waals surface area contributed by atoms with Crippen molar-refractivity contribution in [2.45, 2.75) is 43.5 Å². The second-order valence-corrected chi connectivity index (χ2v) is 9.96. The first kappa shape index (κ1) is 24.5. The van der Waals surface area contributed by atoms with Gasteiger partial charge in [-0.25, -0.2) is 9.97 Å². The SMILES string of the molecule is CC1CN(C(=O)c2ccc(CSc3nc(Cl)cc(N(C)Cc4ccccc4)n3)cc2)CC(C)O1. The molecule has 0 aliphatic carbocycles. The molecule has 178 valence electrons. The second-order valence-electron chi connectivity index (χ2n) is 8.63. The van der Waals surface area contributed by atoms with Crippen molar-refractivity contribution in [3.8, 4) is 0 Å². The summed E-state index contributed by atoms with van der Waals surface area (Å²) in [6.07, 6.45) is 0.107. The van der Waals surface area contributed by atoms with Gasteiger partial charge in [0.25, 0.3) is 5.91 Å². The molecule has 4 rings (SSSR count). The van der Waals surface area contributed by atoms with E-state index < -0.39 is 0 Å². The number of benzene rings is 2. The number of carbonyl (C=O) groups is 1. The molecule has 1 aliphatic heterocycles. The van der Waals surface area contributed by atoms with Crippen LogP contribution in [0.5, 0.6) is 0 Å². The van der Waals surface area contributed by atoms with E-state index >= 15 is 0 Å². The van der Waals surface area contributed by atoms with Crippen LogP contribution in [0.3, 0.4) is 0 Å². The van der Waals surface area contributed by atoms with Crippen LogP contribution in [0.1, 0.15) is 35.3 Å². The summed E-state index contributed by atoms with van der Waals surface area (Å²) in [6.45, 7) is 5.97. The first-order valence-corrected chi connectivity index (χ1v) is 12.7. The van der Waals surface area contributed by atoms with Gasteiger partial charge in [0.2, 0.25) is 0 Å². The lowest BCUT2D eigenvalue weighted by Crippen LogP contribution is -2.48. The van der Waals surface area contributed by atoms with Gasteiger partial charge in [-0.3, -0.25) is 4.79 Å². The minimum atomic E-state index is 0.0467. The van der Waals surface area contributed by atoms with E-state index in [4.69, 9.17) is 16.3 Å². The van der Waals surface area contributed by atoms with E-state index in [-0.39, 0.29) is 18.1 Å². The van der Waals surface area contributed by atoms with Crippen molar-refractivity contribution in [1.82, 2.24) is 14.9 Å². The van der Waals surface area contributed by atoms with Crippen LogP contribution in [0.25, 0.3) is 0 Å². The zero-order chi connectivity index (χ0) is 24.1. The van der Waals surface area contributed by atoms with Crippen molar-refractivity contribution in [3.63, 3.8) is 0 Å². The van der Waals surface area contributed by atoms with Crippen LogP contribution < -0.4 is 4.90 Å². The Balaban J connectivity index is 1.37. The van der Waals surface area contributed by atoms with E-state index in [0.717, 1.165) is 17.9 Å². The molecule has 0 radical (unpaired) electrons. The van der Waals surface area contributed by atoms with Gasteiger partial charge >= 0.3 is 0 Å². The molecular weight excluding hydrogens is 468 g/mol. The number of halogens is 1. The van der Waals surface area contributed by atoms with Gasteiger partial charge in [0.1, 0.15) is 11.0 Å². The molecule has 1 amide bonds. The van der Waals surface area contributed by atoms with Crippen LogP contribution in [0.4, 0.5) is 5.82 Å². The summed E-state index contributed by atoms with van der Waals surface area (Å²) in [7, 11) is 1.99. The summed E-state index contributed by atoms with van der Waals surface area (Å²) < 4.78 is 5.74. The van der Waals surface area contributed by atoms with Crippen molar-refractivity contribution in [3.05, 3.63) is 82.5 Å². The van der Waals surface area contributed by atoms with E-state index in [2.05, 4.69) is 27.0 Å². The van der Waals surface area contributed by atoms with E-state index in [0.29, 0.717) is 34.7 Å². The highest BCUT2D eigenvalue weighted by Gasteiger charge is 2.26. The quantitative estimate of drug-likeness (QED) is 0.251. The van der Waals surface area contributed by atoms with Crippen molar-refractivity contribution in [1.29, 1.82) is 0 Å². The van der Waals surface area contributed by atoms with Crippen LogP contribution >= 0.6 is 23.4 Å². The molecule has 34 heavy (non-hydrogen) atoms. The molecule has 2 heterocycles. The van der Waals surface area contributed by atoms with Crippen molar-refractivity contribution >= 4 is 35.1 Å². The molecule has 1 saturated heterocycles. The molecule has 3 aromatic rings. The number of hydrogen-bond donors (Lipinski definition) is 0. The number of carbonyl (C=O) groups excluding carboxylic acids is 1. The Bertz CT molecular complexity index is 1100. The molecule has 0 bridgehead atoms. The van der Waals surface area contributed by atoms with Gasteiger partial charge in [-0.15, -0.1) is 0 Å². The number of amides is 1. The van der Waals surface area contributed by atoms with Gasteiger partial charge in [0.05, 0.1) is 12.2 Å². The monoisotopic (exact) mass is 496 g/mol. The maximum atomic E-state index is 12.9. The first-order valence-electron chi connectivity index (χ1n) is 11.3. The van der Waals surface area contributed by atoms with Crippen LogP contribution in [0.15, 0.2) is 65.8 Å². The number of hydrogen-bond acceptors (Lipinski definition) is 6. The zero-order valence-corrected chi connectivity index (χ0v) is 21.2. The van der Waals surface area contributed by atoms with Crippen LogP contribution in [0, 0.1) is 0 Å². The lowest BCUT2D eigenvalue weighted by molar-refractivity contribution is -0.0586. The normalized spacial score (nSPS) is 18.1. The number of morpholine rings is 1. The van der Waals surface area contributed by atoms with Gasteiger partial charge in [0.15, 0.2) is 5.16 Å². The number of rotatable bonds is 7. The third kappa shape index (κ3) is 6.50. The largest absolute Gasteiger partial charge is 0.372 e. The molecular formula is C26H29ClN4O2S. The molecule has 1 aliphatic rings. The summed E-state index contributed by atoms with van der Waals surface area (Å²) in [5, 5.41) is 1.04. The summed E-state index contributed by atoms with van der Waals surface area (Å²) in [5.74, 6) is 1.51.